The number of nitrogens with zero attached hydrogens (tertiary/aromatic N) is 2. The molecule has 1 unspecified atom stereocenters. The van der Waals surface area contributed by atoms with Gasteiger partial charge in [0.1, 0.15) is 6.04 Å². The van der Waals surface area contributed by atoms with Gasteiger partial charge in [-0.2, -0.15) is 0 Å². The van der Waals surface area contributed by atoms with Crippen LogP contribution in [0.3, 0.4) is 0 Å². The predicted octanol–water partition coefficient (Wildman–Crippen LogP) is 2.33. The first-order chi connectivity index (χ1) is 9.07. The third-order valence-corrected chi connectivity index (χ3v) is 3.51. The first-order valence-electron chi connectivity index (χ1n) is 6.93. The lowest BCUT2D eigenvalue weighted by atomic mass is 10.1. The molecule has 19 heavy (non-hydrogen) atoms. The van der Waals surface area contributed by atoms with Crippen molar-refractivity contribution in [3.05, 3.63) is 12.7 Å². The molecule has 108 valence electrons. The average Bonchev–Trinajstić information content (AvgIpc) is 2.63. The predicted molar refractivity (Wildman–Crippen MR) is 74.1 cm³/mol. The Morgan fingerprint density at radius 2 is 2.16 bits per heavy atom. The molecule has 1 fully saturated rings. The van der Waals surface area contributed by atoms with Crippen molar-refractivity contribution in [2.75, 3.05) is 20.1 Å². The van der Waals surface area contributed by atoms with Crippen LogP contribution in [0.4, 0.5) is 4.79 Å². The average molecular weight is 268 g/mol. The molecule has 1 atom stereocenters. The molecular weight excluding hydrogens is 244 g/mol. The summed E-state index contributed by atoms with van der Waals surface area (Å²) in [4.78, 5) is 26.7. The smallest absolute Gasteiger partial charge is 0.326 e. The standard InChI is InChI=1S/C14H24N2O3/c1-3-4-7-10-15(2)14(19)16-11-8-5-6-9-12(16)13(17)18/h3,12H,1,4-11H2,2H3,(H,17,18). The summed E-state index contributed by atoms with van der Waals surface area (Å²) in [5.41, 5.74) is 0. The topological polar surface area (TPSA) is 60.9 Å². The molecule has 1 saturated heterocycles. The normalized spacial score (nSPS) is 19.6. The van der Waals surface area contributed by atoms with E-state index >= 15 is 0 Å². The minimum atomic E-state index is -0.894. The monoisotopic (exact) mass is 268 g/mol. The van der Waals surface area contributed by atoms with E-state index < -0.39 is 12.0 Å². The van der Waals surface area contributed by atoms with Crippen LogP contribution < -0.4 is 0 Å². The van der Waals surface area contributed by atoms with Crippen LogP contribution in [0.2, 0.25) is 0 Å². The Balaban J connectivity index is 2.64. The van der Waals surface area contributed by atoms with Crippen LogP contribution in [0.15, 0.2) is 12.7 Å². The molecule has 1 heterocycles. The first-order valence-corrected chi connectivity index (χ1v) is 6.93. The van der Waals surface area contributed by atoms with Crippen LogP contribution in [0, 0.1) is 0 Å². The number of likely N-dealkylation sites (tertiary alicyclic amines) is 1. The highest BCUT2D eigenvalue weighted by atomic mass is 16.4. The number of aliphatic carboxylic acids is 1. The third kappa shape index (κ3) is 4.58. The summed E-state index contributed by atoms with van der Waals surface area (Å²) in [6, 6.07) is -0.838. The van der Waals surface area contributed by atoms with E-state index in [0.29, 0.717) is 19.5 Å². The summed E-state index contributed by atoms with van der Waals surface area (Å²) in [5.74, 6) is -0.894. The fraction of sp³-hybridized carbons (Fsp3) is 0.714. The Morgan fingerprint density at radius 3 is 2.79 bits per heavy atom. The van der Waals surface area contributed by atoms with E-state index in [1.54, 1.807) is 11.9 Å². The fourth-order valence-electron chi connectivity index (χ4n) is 2.38. The van der Waals surface area contributed by atoms with Gasteiger partial charge in [-0.15, -0.1) is 6.58 Å². The molecule has 1 aliphatic heterocycles. The van der Waals surface area contributed by atoms with Crippen molar-refractivity contribution >= 4 is 12.0 Å². The van der Waals surface area contributed by atoms with Crippen molar-refractivity contribution in [1.29, 1.82) is 0 Å². The second-order valence-corrected chi connectivity index (χ2v) is 5.03. The highest BCUT2D eigenvalue weighted by Gasteiger charge is 2.32. The second kappa shape index (κ2) is 7.81. The molecule has 0 radical (unpaired) electrons. The Hall–Kier alpha value is -1.52. The van der Waals surface area contributed by atoms with Crippen LogP contribution >= 0.6 is 0 Å². The zero-order chi connectivity index (χ0) is 14.3. The van der Waals surface area contributed by atoms with Crippen molar-refractivity contribution in [3.63, 3.8) is 0 Å². The number of rotatable bonds is 5. The quantitative estimate of drug-likeness (QED) is 0.615. The molecular formula is C14H24N2O3. The number of urea groups is 1. The lowest BCUT2D eigenvalue weighted by Crippen LogP contribution is -2.50. The Bertz CT molecular complexity index is 331. The molecule has 0 aromatic carbocycles. The molecule has 0 aliphatic carbocycles. The number of carbonyl (C=O) groups excluding carboxylic acids is 1. The van der Waals surface area contributed by atoms with Crippen LogP contribution in [0.1, 0.15) is 38.5 Å². The minimum absolute atomic E-state index is 0.168. The van der Waals surface area contributed by atoms with Crippen LogP contribution in [-0.2, 0) is 4.79 Å². The van der Waals surface area contributed by atoms with Gasteiger partial charge in [0.25, 0.3) is 0 Å². The summed E-state index contributed by atoms with van der Waals surface area (Å²) < 4.78 is 0. The summed E-state index contributed by atoms with van der Waals surface area (Å²) in [7, 11) is 1.73. The van der Waals surface area contributed by atoms with E-state index in [9.17, 15) is 14.7 Å². The van der Waals surface area contributed by atoms with Crippen molar-refractivity contribution in [2.24, 2.45) is 0 Å². The summed E-state index contributed by atoms with van der Waals surface area (Å²) in [6.07, 6.45) is 6.86. The first kappa shape index (κ1) is 15.5. The Kier molecular flexibility index (Phi) is 6.39. The number of allylic oxidation sites excluding steroid dienone is 1. The highest BCUT2D eigenvalue weighted by molar-refractivity contribution is 5.82. The molecule has 5 nitrogen and oxygen atoms in total. The van der Waals surface area contributed by atoms with Crippen molar-refractivity contribution < 1.29 is 14.7 Å². The molecule has 0 aromatic rings. The summed E-state index contributed by atoms with van der Waals surface area (Å²) in [6.45, 7) is 4.82. The second-order valence-electron chi connectivity index (χ2n) is 5.03. The molecule has 0 bridgehead atoms. The van der Waals surface area contributed by atoms with E-state index in [2.05, 4.69) is 6.58 Å². The van der Waals surface area contributed by atoms with E-state index in [1.807, 2.05) is 6.08 Å². The summed E-state index contributed by atoms with van der Waals surface area (Å²) >= 11 is 0. The summed E-state index contributed by atoms with van der Waals surface area (Å²) in [5, 5.41) is 9.25. The van der Waals surface area contributed by atoms with Gasteiger partial charge >= 0.3 is 12.0 Å². The van der Waals surface area contributed by atoms with Crippen molar-refractivity contribution in [1.82, 2.24) is 9.80 Å². The number of hydrogen-bond donors (Lipinski definition) is 1. The maximum Gasteiger partial charge on any atom is 0.326 e. The number of carboxylic acids is 1. The number of amides is 2. The molecule has 0 saturated carbocycles. The van der Waals surface area contributed by atoms with E-state index in [-0.39, 0.29) is 6.03 Å². The SMILES string of the molecule is C=CCCCN(C)C(=O)N1CCCCCC1C(=O)O. The van der Waals surface area contributed by atoms with Gasteiger partial charge in [0, 0.05) is 20.1 Å². The molecule has 1 aliphatic rings. The largest absolute Gasteiger partial charge is 0.480 e. The Morgan fingerprint density at radius 1 is 1.42 bits per heavy atom. The lowest BCUT2D eigenvalue weighted by Gasteiger charge is -2.31. The molecule has 0 aromatic heterocycles. The van der Waals surface area contributed by atoms with Gasteiger partial charge in [0.05, 0.1) is 0 Å². The van der Waals surface area contributed by atoms with Gasteiger partial charge in [-0.1, -0.05) is 18.9 Å². The number of carbonyl (C=O) groups is 2. The van der Waals surface area contributed by atoms with Crippen LogP contribution in [-0.4, -0.2) is 53.1 Å². The maximum atomic E-state index is 12.3. The van der Waals surface area contributed by atoms with Gasteiger partial charge in [-0.3, -0.25) is 0 Å². The highest BCUT2D eigenvalue weighted by Crippen LogP contribution is 2.18. The van der Waals surface area contributed by atoms with E-state index in [0.717, 1.165) is 32.1 Å². The van der Waals surface area contributed by atoms with Gasteiger partial charge < -0.3 is 14.9 Å². The van der Waals surface area contributed by atoms with Gasteiger partial charge in [-0.05, 0) is 25.7 Å². The molecule has 2 amide bonds. The zero-order valence-corrected chi connectivity index (χ0v) is 11.7. The van der Waals surface area contributed by atoms with Crippen LogP contribution in [0.5, 0.6) is 0 Å². The van der Waals surface area contributed by atoms with Crippen molar-refractivity contribution in [3.8, 4) is 0 Å². The molecule has 1 rings (SSSR count). The van der Waals surface area contributed by atoms with E-state index in [1.165, 1.54) is 4.90 Å². The van der Waals surface area contributed by atoms with Gasteiger partial charge in [-0.25, -0.2) is 9.59 Å². The maximum absolute atomic E-state index is 12.3. The van der Waals surface area contributed by atoms with Gasteiger partial charge in [0.15, 0.2) is 0 Å². The van der Waals surface area contributed by atoms with Crippen LogP contribution in [0.25, 0.3) is 0 Å². The van der Waals surface area contributed by atoms with Gasteiger partial charge in [0.2, 0.25) is 0 Å². The van der Waals surface area contributed by atoms with E-state index in [4.69, 9.17) is 0 Å². The Labute approximate surface area is 114 Å². The third-order valence-electron chi connectivity index (χ3n) is 3.51. The lowest BCUT2D eigenvalue weighted by molar-refractivity contribution is -0.142. The molecule has 5 heteroatoms. The molecule has 0 spiro atoms. The number of carboxylic acid groups (broad SMARTS) is 1. The fourth-order valence-corrected chi connectivity index (χ4v) is 2.38. The molecule has 1 N–H and O–H groups in total. The minimum Gasteiger partial charge on any atom is -0.480 e. The van der Waals surface area contributed by atoms with Crippen molar-refractivity contribution in [2.45, 2.75) is 44.6 Å². The number of hydrogen-bond acceptors (Lipinski definition) is 2. The number of unbranched alkanes of at least 4 members (excludes halogenated alkanes) is 1. The zero-order valence-electron chi connectivity index (χ0n) is 11.7.